The van der Waals surface area contributed by atoms with E-state index in [2.05, 4.69) is 4.98 Å². The molecule has 0 spiro atoms. The molecule has 0 saturated carbocycles. The Hall–Kier alpha value is -1.09. The van der Waals surface area contributed by atoms with Gasteiger partial charge in [-0.2, -0.15) is 0 Å². The third kappa shape index (κ3) is 3.02. The number of rotatable bonds is 3. The summed E-state index contributed by atoms with van der Waals surface area (Å²) in [6.45, 7) is 1.92. The van der Waals surface area contributed by atoms with Gasteiger partial charge in [0.15, 0.2) is 4.34 Å². The quantitative estimate of drug-likeness (QED) is 0.843. The second kappa shape index (κ2) is 4.88. The smallest absolute Gasteiger partial charge is 0.240 e. The second-order valence-corrected chi connectivity index (χ2v) is 7.31. The highest BCUT2D eigenvalue weighted by Crippen LogP contribution is 2.32. The Morgan fingerprint density at radius 2 is 2.11 bits per heavy atom. The summed E-state index contributed by atoms with van der Waals surface area (Å²) in [6.07, 6.45) is 0. The van der Waals surface area contributed by atoms with Crippen molar-refractivity contribution in [1.82, 2.24) is 4.98 Å². The highest BCUT2D eigenvalue weighted by Gasteiger charge is 2.13. The number of hydrogen-bond acceptors (Lipinski definition) is 6. The van der Waals surface area contributed by atoms with Gasteiger partial charge in [0, 0.05) is 16.0 Å². The molecule has 1 aromatic heterocycles. The van der Waals surface area contributed by atoms with E-state index in [9.17, 15) is 8.42 Å². The number of aryl methyl sites for hydroxylation is 1. The first-order valence-corrected chi connectivity index (χ1v) is 8.13. The molecular formula is C10H11N3O2S3. The van der Waals surface area contributed by atoms with Crippen molar-refractivity contribution in [2.45, 2.75) is 21.1 Å². The van der Waals surface area contributed by atoms with Gasteiger partial charge in [-0.1, -0.05) is 11.8 Å². The summed E-state index contributed by atoms with van der Waals surface area (Å²) < 4.78 is 23.3. The lowest BCUT2D eigenvalue weighted by atomic mass is 10.3. The van der Waals surface area contributed by atoms with E-state index in [0.29, 0.717) is 0 Å². The van der Waals surface area contributed by atoms with Crippen LogP contribution in [0, 0.1) is 6.92 Å². The zero-order valence-corrected chi connectivity index (χ0v) is 11.9. The van der Waals surface area contributed by atoms with Crippen LogP contribution in [0.5, 0.6) is 0 Å². The molecule has 5 nitrogen and oxygen atoms in total. The summed E-state index contributed by atoms with van der Waals surface area (Å²) in [7, 11) is -3.77. The number of primary sulfonamides is 1. The summed E-state index contributed by atoms with van der Waals surface area (Å²) in [6, 6.07) is 4.66. The molecule has 0 fully saturated rings. The molecule has 0 bridgehead atoms. The topological polar surface area (TPSA) is 99.1 Å². The first-order valence-electron chi connectivity index (χ1n) is 4.88. The molecule has 0 amide bonds. The number of hydrogen-bond donors (Lipinski definition) is 2. The van der Waals surface area contributed by atoms with E-state index < -0.39 is 10.0 Å². The standard InChI is InChI=1S/C10H11N3O2S3/c1-6-5-16-10(13-6)17-7-2-3-9(8(11)4-7)18(12,14)15/h2-5H,11H2,1H3,(H2,12,14,15). The zero-order valence-electron chi connectivity index (χ0n) is 9.45. The van der Waals surface area contributed by atoms with Gasteiger partial charge in [-0.25, -0.2) is 18.5 Å². The Bertz CT molecular complexity index is 679. The van der Waals surface area contributed by atoms with Crippen LogP contribution >= 0.6 is 23.1 Å². The largest absolute Gasteiger partial charge is 0.398 e. The Labute approximate surface area is 113 Å². The van der Waals surface area contributed by atoms with E-state index in [4.69, 9.17) is 10.9 Å². The Kier molecular flexibility index (Phi) is 3.62. The van der Waals surface area contributed by atoms with Crippen LogP contribution in [0.25, 0.3) is 0 Å². The molecule has 0 aliphatic heterocycles. The van der Waals surface area contributed by atoms with Crippen LogP contribution in [0.3, 0.4) is 0 Å². The zero-order chi connectivity index (χ0) is 13.3. The van der Waals surface area contributed by atoms with E-state index in [1.165, 1.54) is 29.2 Å². The summed E-state index contributed by atoms with van der Waals surface area (Å²) in [4.78, 5) is 5.08. The van der Waals surface area contributed by atoms with Gasteiger partial charge in [-0.15, -0.1) is 11.3 Å². The highest BCUT2D eigenvalue weighted by atomic mass is 32.2. The van der Waals surface area contributed by atoms with Crippen LogP contribution < -0.4 is 10.9 Å². The molecule has 2 aromatic rings. The molecule has 8 heteroatoms. The molecule has 1 aromatic carbocycles. The monoisotopic (exact) mass is 301 g/mol. The molecule has 0 saturated heterocycles. The minimum atomic E-state index is -3.77. The van der Waals surface area contributed by atoms with Crippen molar-refractivity contribution in [2.75, 3.05) is 5.73 Å². The first kappa shape index (κ1) is 13.3. The van der Waals surface area contributed by atoms with Gasteiger partial charge in [0.25, 0.3) is 0 Å². The van der Waals surface area contributed by atoms with Crippen molar-refractivity contribution in [3.05, 3.63) is 29.3 Å². The number of nitrogens with two attached hydrogens (primary N) is 2. The van der Waals surface area contributed by atoms with Crippen molar-refractivity contribution in [1.29, 1.82) is 0 Å². The van der Waals surface area contributed by atoms with E-state index in [1.807, 2.05) is 12.3 Å². The first-order chi connectivity index (χ1) is 8.36. The fourth-order valence-electron chi connectivity index (χ4n) is 1.33. The van der Waals surface area contributed by atoms with Gasteiger partial charge < -0.3 is 5.73 Å². The van der Waals surface area contributed by atoms with Crippen LogP contribution in [0.1, 0.15) is 5.69 Å². The Morgan fingerprint density at radius 1 is 1.39 bits per heavy atom. The molecular weight excluding hydrogens is 290 g/mol. The lowest BCUT2D eigenvalue weighted by Crippen LogP contribution is -2.14. The molecule has 18 heavy (non-hydrogen) atoms. The molecule has 0 radical (unpaired) electrons. The lowest BCUT2D eigenvalue weighted by Gasteiger charge is -2.05. The normalized spacial score (nSPS) is 11.7. The van der Waals surface area contributed by atoms with E-state index >= 15 is 0 Å². The number of aromatic nitrogens is 1. The molecule has 0 aliphatic rings. The predicted octanol–water partition coefficient (Wildman–Crippen LogP) is 1.83. The number of nitrogens with zero attached hydrogens (tertiary/aromatic N) is 1. The number of thiazole rings is 1. The number of sulfonamides is 1. The van der Waals surface area contributed by atoms with Gasteiger partial charge in [0.2, 0.25) is 10.0 Å². The van der Waals surface area contributed by atoms with Gasteiger partial charge in [0.05, 0.1) is 5.69 Å². The number of benzene rings is 1. The maximum absolute atomic E-state index is 11.2. The molecule has 1 heterocycles. The maximum atomic E-state index is 11.2. The fourth-order valence-corrected chi connectivity index (χ4v) is 3.83. The Morgan fingerprint density at radius 3 is 2.61 bits per heavy atom. The highest BCUT2D eigenvalue weighted by molar-refractivity contribution is 8.01. The van der Waals surface area contributed by atoms with E-state index in [0.717, 1.165) is 14.9 Å². The van der Waals surface area contributed by atoms with E-state index in [-0.39, 0.29) is 10.6 Å². The number of anilines is 1. The average Bonchev–Trinajstić information content (AvgIpc) is 2.62. The molecule has 0 aliphatic carbocycles. The van der Waals surface area contributed by atoms with Crippen LogP contribution in [0.2, 0.25) is 0 Å². The third-order valence-corrected chi connectivity index (χ3v) is 5.12. The summed E-state index contributed by atoms with van der Waals surface area (Å²) in [5.41, 5.74) is 6.78. The fraction of sp³-hybridized carbons (Fsp3) is 0.100. The summed E-state index contributed by atoms with van der Waals surface area (Å²) >= 11 is 2.96. The van der Waals surface area contributed by atoms with Crippen LogP contribution in [0.15, 0.2) is 37.7 Å². The average molecular weight is 301 g/mol. The van der Waals surface area contributed by atoms with Gasteiger partial charge in [-0.05, 0) is 25.1 Å². The summed E-state index contributed by atoms with van der Waals surface area (Å²) in [5, 5.41) is 6.99. The number of nitrogen functional groups attached to an aromatic ring is 1. The summed E-state index contributed by atoms with van der Waals surface area (Å²) in [5.74, 6) is 0. The van der Waals surface area contributed by atoms with E-state index in [1.54, 1.807) is 12.1 Å². The van der Waals surface area contributed by atoms with Crippen molar-refractivity contribution >= 4 is 38.8 Å². The SMILES string of the molecule is Cc1csc(Sc2ccc(S(N)(=O)=O)c(N)c2)n1. The van der Waals surface area contributed by atoms with Crippen LogP contribution in [0.4, 0.5) is 5.69 Å². The molecule has 0 atom stereocenters. The maximum Gasteiger partial charge on any atom is 0.240 e. The van der Waals surface area contributed by atoms with Gasteiger partial charge in [0.1, 0.15) is 4.90 Å². The third-order valence-electron chi connectivity index (χ3n) is 2.09. The molecule has 4 N–H and O–H groups in total. The molecule has 0 unspecified atom stereocenters. The van der Waals surface area contributed by atoms with Crippen molar-refractivity contribution in [3.8, 4) is 0 Å². The minimum Gasteiger partial charge on any atom is -0.398 e. The van der Waals surface area contributed by atoms with Crippen LogP contribution in [-0.4, -0.2) is 13.4 Å². The van der Waals surface area contributed by atoms with Gasteiger partial charge >= 0.3 is 0 Å². The molecule has 96 valence electrons. The van der Waals surface area contributed by atoms with Crippen molar-refractivity contribution in [2.24, 2.45) is 5.14 Å². The Balaban J connectivity index is 2.30. The van der Waals surface area contributed by atoms with Crippen molar-refractivity contribution < 1.29 is 8.42 Å². The minimum absolute atomic E-state index is 0.0535. The predicted molar refractivity (Wildman–Crippen MR) is 73.2 cm³/mol. The van der Waals surface area contributed by atoms with Gasteiger partial charge in [-0.3, -0.25) is 0 Å². The van der Waals surface area contributed by atoms with Crippen LogP contribution in [-0.2, 0) is 10.0 Å². The second-order valence-electron chi connectivity index (χ2n) is 3.60. The molecule has 2 rings (SSSR count). The lowest BCUT2D eigenvalue weighted by molar-refractivity contribution is 0.598. The van der Waals surface area contributed by atoms with Crippen molar-refractivity contribution in [3.63, 3.8) is 0 Å².